The number of nitrogens with one attached hydrogen (secondary N) is 1. The Bertz CT molecular complexity index is 1030. The van der Waals surface area contributed by atoms with Gasteiger partial charge >= 0.3 is 6.09 Å². The third kappa shape index (κ3) is 5.73. The van der Waals surface area contributed by atoms with Crippen molar-refractivity contribution in [2.24, 2.45) is 0 Å². The van der Waals surface area contributed by atoms with Crippen LogP contribution in [0.4, 0.5) is 14.9 Å². The Hall–Kier alpha value is -2.56. The van der Waals surface area contributed by atoms with Crippen LogP contribution in [0.25, 0.3) is 11.1 Å². The minimum atomic E-state index is -1.91. The Kier molecular flexibility index (Phi) is 7.64. The second-order valence-corrected chi connectivity index (χ2v) is 15.0. The molecule has 0 unspecified atom stereocenters. The lowest BCUT2D eigenvalue weighted by atomic mass is 9.82. The van der Waals surface area contributed by atoms with E-state index < -0.39 is 26.5 Å². The zero-order valence-corrected chi connectivity index (χ0v) is 21.7. The van der Waals surface area contributed by atoms with Gasteiger partial charge in [0.15, 0.2) is 8.32 Å². The topological polar surface area (TPSA) is 103 Å². The predicted molar refractivity (Wildman–Crippen MR) is 131 cm³/mol. The first-order valence-electron chi connectivity index (χ1n) is 11.3. The van der Waals surface area contributed by atoms with Crippen LogP contribution >= 0.6 is 0 Å². The van der Waals surface area contributed by atoms with Gasteiger partial charge in [-0.15, -0.1) is 0 Å². The summed E-state index contributed by atoms with van der Waals surface area (Å²) < 4.78 is 31.5. The number of ether oxygens (including phenoxy) is 2. The molecular weight excluding hydrogens is 457 g/mol. The average molecular weight is 492 g/mol. The summed E-state index contributed by atoms with van der Waals surface area (Å²) in [6.07, 6.45) is 0.272. The number of carboxylic acid groups (broad SMARTS) is 1. The highest BCUT2D eigenvalue weighted by molar-refractivity contribution is 6.74. The lowest BCUT2D eigenvalue weighted by Crippen LogP contribution is -2.49. The van der Waals surface area contributed by atoms with E-state index in [1.807, 2.05) is 6.92 Å². The Labute approximate surface area is 201 Å². The van der Waals surface area contributed by atoms with Crippen LogP contribution in [-0.2, 0) is 14.6 Å². The van der Waals surface area contributed by atoms with Crippen molar-refractivity contribution in [1.82, 2.24) is 9.97 Å². The van der Waals surface area contributed by atoms with E-state index in [2.05, 4.69) is 49.1 Å². The molecule has 3 heterocycles. The molecule has 0 aromatic carbocycles. The van der Waals surface area contributed by atoms with Gasteiger partial charge in [-0.2, -0.15) is 0 Å². The first-order valence-corrected chi connectivity index (χ1v) is 14.2. The van der Waals surface area contributed by atoms with Crippen molar-refractivity contribution in [1.29, 1.82) is 0 Å². The Morgan fingerprint density at radius 3 is 2.53 bits per heavy atom. The first kappa shape index (κ1) is 26.0. The molecule has 0 radical (unpaired) electrons. The molecule has 10 heteroatoms. The minimum absolute atomic E-state index is 0.0929. The van der Waals surface area contributed by atoms with Crippen molar-refractivity contribution < 1.29 is 28.2 Å². The summed E-state index contributed by atoms with van der Waals surface area (Å²) >= 11 is 0. The predicted octanol–water partition coefficient (Wildman–Crippen LogP) is 5.18. The third-order valence-electron chi connectivity index (χ3n) is 6.61. The van der Waals surface area contributed by atoms with E-state index in [9.17, 15) is 9.18 Å². The molecule has 8 nitrogen and oxygen atoms in total. The molecule has 1 amide bonds. The molecule has 1 aliphatic rings. The smallest absolute Gasteiger partial charge is 0.409 e. The second-order valence-electron chi connectivity index (χ2n) is 10.2. The zero-order chi connectivity index (χ0) is 25.1. The van der Waals surface area contributed by atoms with Crippen LogP contribution in [0.3, 0.4) is 0 Å². The van der Waals surface area contributed by atoms with Gasteiger partial charge in [-0.25, -0.2) is 14.2 Å². The van der Waals surface area contributed by atoms with Gasteiger partial charge in [-0.3, -0.25) is 10.3 Å². The third-order valence-corrected chi connectivity index (χ3v) is 11.1. The van der Waals surface area contributed by atoms with Crippen molar-refractivity contribution >= 4 is 20.1 Å². The Balaban J connectivity index is 1.89. The fourth-order valence-corrected chi connectivity index (χ4v) is 4.35. The number of aryl methyl sites for hydroxylation is 1. The highest BCUT2D eigenvalue weighted by Gasteiger charge is 2.43. The van der Waals surface area contributed by atoms with Crippen molar-refractivity contribution in [3.8, 4) is 17.0 Å². The molecule has 2 aromatic heterocycles. The molecule has 2 aromatic rings. The van der Waals surface area contributed by atoms with Gasteiger partial charge in [0.25, 0.3) is 0 Å². The number of anilines is 1. The number of halogens is 1. The van der Waals surface area contributed by atoms with Crippen LogP contribution in [0, 0.1) is 6.92 Å². The molecule has 3 rings (SSSR count). The van der Waals surface area contributed by atoms with Crippen molar-refractivity contribution in [3.05, 3.63) is 35.8 Å². The van der Waals surface area contributed by atoms with E-state index in [1.165, 1.54) is 6.20 Å². The fourth-order valence-electron chi connectivity index (χ4n) is 3.33. The highest BCUT2D eigenvalue weighted by atomic mass is 28.4. The number of aromatic nitrogens is 2. The molecule has 0 aliphatic carbocycles. The van der Waals surface area contributed by atoms with Gasteiger partial charge in [-0.1, -0.05) is 20.8 Å². The van der Waals surface area contributed by atoms with Gasteiger partial charge < -0.3 is 19.0 Å². The van der Waals surface area contributed by atoms with Gasteiger partial charge in [0, 0.05) is 17.3 Å². The normalized spacial score (nSPS) is 15.5. The Morgan fingerprint density at radius 2 is 1.97 bits per heavy atom. The summed E-state index contributed by atoms with van der Waals surface area (Å²) in [6, 6.07) is 5.25. The van der Waals surface area contributed by atoms with Gasteiger partial charge in [-0.05, 0) is 42.8 Å². The molecule has 0 saturated carbocycles. The quantitative estimate of drug-likeness (QED) is 0.368. The van der Waals surface area contributed by atoms with E-state index in [-0.39, 0.29) is 18.3 Å². The van der Waals surface area contributed by atoms with E-state index in [0.29, 0.717) is 47.3 Å². The number of nitrogens with zero attached hydrogens (tertiary/aromatic N) is 2. The maximum atomic E-state index is 14.0. The molecule has 0 atom stereocenters. The summed E-state index contributed by atoms with van der Waals surface area (Å²) in [7, 11) is -1.91. The average Bonchev–Trinajstić information content (AvgIpc) is 2.71. The number of hydrogen-bond acceptors (Lipinski definition) is 6. The van der Waals surface area contributed by atoms with Crippen molar-refractivity contribution in [3.63, 3.8) is 0 Å². The van der Waals surface area contributed by atoms with E-state index in [4.69, 9.17) is 19.0 Å². The maximum absolute atomic E-state index is 14.0. The van der Waals surface area contributed by atoms with E-state index >= 15 is 0 Å². The van der Waals surface area contributed by atoms with Crippen molar-refractivity contribution in [2.45, 2.75) is 51.2 Å². The molecular formula is C24H34FN3O5Si. The number of carbonyl (C=O) groups is 1. The summed E-state index contributed by atoms with van der Waals surface area (Å²) in [5.41, 5.74) is 2.17. The number of alkyl halides is 1. The first-order chi connectivity index (χ1) is 15.9. The SMILES string of the molecule is Cc1ncc(NC(=O)O)cc1-c1cc(OCCO[Si](C)(C)C(C)(C)C)nc(C2(CF)COC2)c1. The molecule has 1 saturated heterocycles. The van der Waals surface area contributed by atoms with Crippen LogP contribution < -0.4 is 10.1 Å². The summed E-state index contributed by atoms with van der Waals surface area (Å²) in [5.74, 6) is 0.349. The maximum Gasteiger partial charge on any atom is 0.409 e. The number of amides is 1. The number of hydrogen-bond donors (Lipinski definition) is 2. The van der Waals surface area contributed by atoms with Gasteiger partial charge in [0.2, 0.25) is 5.88 Å². The van der Waals surface area contributed by atoms with Crippen LogP contribution in [0.1, 0.15) is 32.2 Å². The van der Waals surface area contributed by atoms with Crippen LogP contribution in [0.15, 0.2) is 24.4 Å². The van der Waals surface area contributed by atoms with E-state index in [0.717, 1.165) is 0 Å². The highest BCUT2D eigenvalue weighted by Crippen LogP contribution is 2.38. The lowest BCUT2D eigenvalue weighted by molar-refractivity contribution is -0.0728. The molecule has 1 fully saturated rings. The van der Waals surface area contributed by atoms with Crippen LogP contribution in [0.2, 0.25) is 18.1 Å². The summed E-state index contributed by atoms with van der Waals surface area (Å²) in [4.78, 5) is 20.0. The summed E-state index contributed by atoms with van der Waals surface area (Å²) in [6.45, 7) is 13.3. The van der Waals surface area contributed by atoms with Crippen molar-refractivity contribution in [2.75, 3.05) is 38.4 Å². The lowest BCUT2D eigenvalue weighted by Gasteiger charge is -2.38. The monoisotopic (exact) mass is 491 g/mol. The van der Waals surface area contributed by atoms with Gasteiger partial charge in [0.1, 0.15) is 13.3 Å². The van der Waals surface area contributed by atoms with Gasteiger partial charge in [0.05, 0.1) is 42.8 Å². The zero-order valence-electron chi connectivity index (χ0n) is 20.7. The molecule has 2 N–H and O–H groups in total. The fraction of sp³-hybridized carbons (Fsp3) is 0.542. The van der Waals surface area contributed by atoms with E-state index in [1.54, 1.807) is 18.2 Å². The standard InChI is InChI=1S/C24H34FN3O5Si/c1-16-19(11-18(12-26-16)27-22(29)30)17-9-20(24(13-25)14-31-15-24)28-21(10-17)32-7-8-33-34(5,6)23(2,3)4/h9-12,27H,7-8,13-15H2,1-6H3,(H,29,30). The molecule has 0 bridgehead atoms. The largest absolute Gasteiger partial charge is 0.475 e. The molecule has 34 heavy (non-hydrogen) atoms. The second kappa shape index (κ2) is 9.97. The molecule has 186 valence electrons. The number of pyridine rings is 2. The summed E-state index contributed by atoms with van der Waals surface area (Å²) in [5, 5.41) is 11.5. The number of rotatable bonds is 9. The molecule has 1 aliphatic heterocycles. The Morgan fingerprint density at radius 1 is 1.26 bits per heavy atom. The van der Waals surface area contributed by atoms with Crippen LogP contribution in [-0.4, -0.2) is 62.6 Å². The van der Waals surface area contributed by atoms with Crippen LogP contribution in [0.5, 0.6) is 5.88 Å². The minimum Gasteiger partial charge on any atom is -0.475 e. The molecule has 0 spiro atoms.